The number of ether oxygens (including phenoxy) is 1. The molecular weight excluding hydrogens is 258 g/mol. The minimum Gasteiger partial charge on any atom is -0.481 e. The Morgan fingerprint density at radius 1 is 1.67 bits per heavy atom. The van der Waals surface area contributed by atoms with Crippen molar-refractivity contribution < 1.29 is 14.6 Å². The van der Waals surface area contributed by atoms with Crippen molar-refractivity contribution >= 4 is 23.4 Å². The molecule has 0 saturated heterocycles. The van der Waals surface area contributed by atoms with Gasteiger partial charge < -0.3 is 15.2 Å². The molecule has 0 aliphatic heterocycles. The minimum absolute atomic E-state index is 0.156. The first-order chi connectivity index (χ1) is 8.52. The highest BCUT2D eigenvalue weighted by Crippen LogP contribution is 2.20. The molecular formula is C11H16ClN3O3. The van der Waals surface area contributed by atoms with E-state index in [9.17, 15) is 4.79 Å². The molecule has 0 spiro atoms. The zero-order valence-corrected chi connectivity index (χ0v) is 11.1. The summed E-state index contributed by atoms with van der Waals surface area (Å²) in [5.41, 5.74) is 0. The summed E-state index contributed by atoms with van der Waals surface area (Å²) in [5, 5.41) is 12.0. The lowest BCUT2D eigenvalue weighted by Crippen LogP contribution is -2.14. The molecule has 0 bridgehead atoms. The number of methoxy groups -OCH3 is 1. The third-order valence-electron chi connectivity index (χ3n) is 2.37. The minimum atomic E-state index is -0.788. The lowest BCUT2D eigenvalue weighted by Gasteiger charge is -2.13. The van der Waals surface area contributed by atoms with Gasteiger partial charge in [0.1, 0.15) is 5.02 Å². The van der Waals surface area contributed by atoms with Crippen LogP contribution in [-0.2, 0) is 4.79 Å². The molecule has 1 atom stereocenters. The number of hydrogen-bond donors (Lipinski definition) is 2. The quantitative estimate of drug-likeness (QED) is 0.791. The van der Waals surface area contributed by atoms with Gasteiger partial charge in [-0.25, -0.2) is 4.98 Å². The molecule has 100 valence electrons. The highest BCUT2D eigenvalue weighted by molar-refractivity contribution is 6.32. The van der Waals surface area contributed by atoms with Crippen molar-refractivity contribution in [1.29, 1.82) is 0 Å². The lowest BCUT2D eigenvalue weighted by molar-refractivity contribution is -0.137. The van der Waals surface area contributed by atoms with Crippen LogP contribution < -0.4 is 10.1 Å². The van der Waals surface area contributed by atoms with Gasteiger partial charge in [0, 0.05) is 13.0 Å². The third-order valence-corrected chi connectivity index (χ3v) is 2.65. The zero-order valence-electron chi connectivity index (χ0n) is 10.3. The Bertz CT molecular complexity index is 415. The molecule has 0 aliphatic rings. The highest BCUT2D eigenvalue weighted by atomic mass is 35.5. The molecule has 6 nitrogen and oxygen atoms in total. The topological polar surface area (TPSA) is 84.3 Å². The maximum atomic E-state index is 10.4. The van der Waals surface area contributed by atoms with Crippen molar-refractivity contribution in [3.63, 3.8) is 0 Å². The fourth-order valence-electron chi connectivity index (χ4n) is 1.32. The van der Waals surface area contributed by atoms with Crippen LogP contribution >= 0.6 is 11.6 Å². The predicted octanol–water partition coefficient (Wildman–Crippen LogP) is 2.05. The second-order valence-corrected chi connectivity index (χ2v) is 4.38. The largest absolute Gasteiger partial charge is 0.481 e. The van der Waals surface area contributed by atoms with E-state index in [0.29, 0.717) is 23.8 Å². The van der Waals surface area contributed by atoms with E-state index in [0.717, 1.165) is 0 Å². The van der Waals surface area contributed by atoms with Crippen LogP contribution in [0.2, 0.25) is 5.02 Å². The van der Waals surface area contributed by atoms with Crippen LogP contribution in [0.4, 0.5) is 5.82 Å². The molecule has 0 aromatic carbocycles. The number of aliphatic carboxylic acids is 1. The van der Waals surface area contributed by atoms with Crippen LogP contribution in [0.25, 0.3) is 0 Å². The van der Waals surface area contributed by atoms with Gasteiger partial charge in [0.25, 0.3) is 0 Å². The first kappa shape index (κ1) is 14.5. The molecule has 1 rings (SSSR count). The van der Waals surface area contributed by atoms with Crippen LogP contribution in [0.5, 0.6) is 6.01 Å². The molecule has 0 fully saturated rings. The third kappa shape index (κ3) is 4.75. The Hall–Kier alpha value is -1.56. The summed E-state index contributed by atoms with van der Waals surface area (Å²) < 4.78 is 4.90. The van der Waals surface area contributed by atoms with Gasteiger partial charge in [0.15, 0.2) is 5.82 Å². The second kappa shape index (κ2) is 7.00. The first-order valence-corrected chi connectivity index (χ1v) is 5.93. The number of nitrogens with one attached hydrogen (secondary N) is 1. The second-order valence-electron chi connectivity index (χ2n) is 3.97. The fraction of sp³-hybridized carbons (Fsp3) is 0.545. The average molecular weight is 274 g/mol. The maximum absolute atomic E-state index is 10.4. The SMILES string of the molecule is COc1ncc(Cl)c(NCC(C)CCC(=O)O)n1. The molecule has 0 radical (unpaired) electrons. The highest BCUT2D eigenvalue weighted by Gasteiger charge is 2.09. The summed E-state index contributed by atoms with van der Waals surface area (Å²) >= 11 is 5.93. The zero-order chi connectivity index (χ0) is 13.5. The van der Waals surface area contributed by atoms with E-state index < -0.39 is 5.97 Å². The van der Waals surface area contributed by atoms with Crippen molar-refractivity contribution in [2.75, 3.05) is 19.0 Å². The Labute approximate surface area is 110 Å². The van der Waals surface area contributed by atoms with Crippen LogP contribution in [0, 0.1) is 5.92 Å². The fourth-order valence-corrected chi connectivity index (χ4v) is 1.47. The Morgan fingerprint density at radius 3 is 3.00 bits per heavy atom. The maximum Gasteiger partial charge on any atom is 0.318 e. The van der Waals surface area contributed by atoms with E-state index in [-0.39, 0.29) is 18.3 Å². The number of hydrogen-bond acceptors (Lipinski definition) is 5. The van der Waals surface area contributed by atoms with Crippen molar-refractivity contribution in [3.8, 4) is 6.01 Å². The van der Waals surface area contributed by atoms with Gasteiger partial charge in [0.05, 0.1) is 13.3 Å². The lowest BCUT2D eigenvalue weighted by atomic mass is 10.1. The number of carboxylic acid groups (broad SMARTS) is 1. The van der Waals surface area contributed by atoms with Gasteiger partial charge in [-0.1, -0.05) is 18.5 Å². The molecule has 0 aliphatic carbocycles. The van der Waals surface area contributed by atoms with E-state index in [1.807, 2.05) is 6.92 Å². The molecule has 18 heavy (non-hydrogen) atoms. The molecule has 1 unspecified atom stereocenters. The Morgan fingerprint density at radius 2 is 2.39 bits per heavy atom. The molecule has 1 aromatic rings. The standard InChI is InChI=1S/C11H16ClN3O3/c1-7(3-4-9(16)17)5-13-10-8(12)6-14-11(15-10)18-2/h6-7H,3-5H2,1-2H3,(H,16,17)(H,13,14,15). The number of aromatic nitrogens is 2. The summed E-state index contributed by atoms with van der Waals surface area (Å²) in [5.74, 6) is -0.0904. The normalized spacial score (nSPS) is 11.9. The molecule has 1 aromatic heterocycles. The molecule has 2 N–H and O–H groups in total. The molecule has 0 amide bonds. The van der Waals surface area contributed by atoms with Gasteiger partial charge in [-0.3, -0.25) is 4.79 Å². The van der Waals surface area contributed by atoms with Gasteiger partial charge >= 0.3 is 12.0 Å². The monoisotopic (exact) mass is 273 g/mol. The van der Waals surface area contributed by atoms with Crippen molar-refractivity contribution in [2.24, 2.45) is 5.92 Å². The number of rotatable bonds is 7. The van der Waals surface area contributed by atoms with Crippen LogP contribution in [0.3, 0.4) is 0 Å². The van der Waals surface area contributed by atoms with E-state index in [1.54, 1.807) is 0 Å². The number of anilines is 1. The molecule has 1 heterocycles. The smallest absolute Gasteiger partial charge is 0.318 e. The number of carboxylic acids is 1. The van der Waals surface area contributed by atoms with Crippen molar-refractivity contribution in [1.82, 2.24) is 9.97 Å². The average Bonchev–Trinajstić information content (AvgIpc) is 2.35. The summed E-state index contributed by atoms with van der Waals surface area (Å²) in [6, 6.07) is 0.236. The predicted molar refractivity (Wildman–Crippen MR) is 68.1 cm³/mol. The van der Waals surface area contributed by atoms with Gasteiger partial charge in [0.2, 0.25) is 0 Å². The van der Waals surface area contributed by atoms with E-state index >= 15 is 0 Å². The number of halogens is 1. The van der Waals surface area contributed by atoms with Crippen molar-refractivity contribution in [3.05, 3.63) is 11.2 Å². The van der Waals surface area contributed by atoms with Crippen LogP contribution in [0.1, 0.15) is 19.8 Å². The van der Waals surface area contributed by atoms with Crippen LogP contribution in [0.15, 0.2) is 6.20 Å². The summed E-state index contributed by atoms with van der Waals surface area (Å²) in [6.07, 6.45) is 2.21. The van der Waals surface area contributed by atoms with E-state index in [1.165, 1.54) is 13.3 Å². The summed E-state index contributed by atoms with van der Waals surface area (Å²) in [6.45, 7) is 2.55. The summed E-state index contributed by atoms with van der Waals surface area (Å²) in [7, 11) is 1.47. The summed E-state index contributed by atoms with van der Waals surface area (Å²) in [4.78, 5) is 18.4. The Kier molecular flexibility index (Phi) is 5.64. The van der Waals surface area contributed by atoms with Gasteiger partial charge in [-0.05, 0) is 12.3 Å². The number of nitrogens with zero attached hydrogens (tertiary/aromatic N) is 2. The molecule has 7 heteroatoms. The van der Waals surface area contributed by atoms with Crippen LogP contribution in [-0.4, -0.2) is 34.7 Å². The Balaban J connectivity index is 2.49. The van der Waals surface area contributed by atoms with Gasteiger partial charge in [-0.15, -0.1) is 0 Å². The van der Waals surface area contributed by atoms with E-state index in [4.69, 9.17) is 21.4 Å². The molecule has 0 saturated carbocycles. The van der Waals surface area contributed by atoms with Gasteiger partial charge in [-0.2, -0.15) is 4.98 Å². The van der Waals surface area contributed by atoms with Crippen molar-refractivity contribution in [2.45, 2.75) is 19.8 Å². The van der Waals surface area contributed by atoms with E-state index in [2.05, 4.69) is 15.3 Å². The first-order valence-electron chi connectivity index (χ1n) is 5.55. The number of carbonyl (C=O) groups is 1.